The standard InChI is InChI=1S/C22H22N8OS/c1-15-25-28-22(32-15)24-21(31)17-8-5-12-29(14-17)18-9-10-19(27-26-18)30-13-11-23-20(30)16-6-3-2-4-7-16/h2-4,6-7,9-11,13,17H,5,8,12,14H2,1H3,(H,24,28,31). The van der Waals surface area contributed by atoms with Crippen LogP contribution in [0, 0.1) is 12.8 Å². The summed E-state index contributed by atoms with van der Waals surface area (Å²) in [4.78, 5) is 19.3. The minimum absolute atomic E-state index is 0.0265. The fraction of sp³-hybridized carbons (Fsp3) is 0.273. The predicted octanol–water partition coefficient (Wildman–Crippen LogP) is 3.34. The number of carbonyl (C=O) groups is 1. The summed E-state index contributed by atoms with van der Waals surface area (Å²) in [6, 6.07) is 13.9. The molecule has 32 heavy (non-hydrogen) atoms. The molecule has 0 radical (unpaired) electrons. The molecule has 1 unspecified atom stereocenters. The molecule has 0 aliphatic carbocycles. The van der Waals surface area contributed by atoms with Gasteiger partial charge in [0.25, 0.3) is 0 Å². The second-order valence-corrected chi connectivity index (χ2v) is 8.82. The van der Waals surface area contributed by atoms with Gasteiger partial charge in [0, 0.05) is 31.0 Å². The average Bonchev–Trinajstić information content (AvgIpc) is 3.49. The van der Waals surface area contributed by atoms with E-state index in [-0.39, 0.29) is 11.8 Å². The van der Waals surface area contributed by atoms with E-state index in [0.29, 0.717) is 17.5 Å². The fourth-order valence-electron chi connectivity index (χ4n) is 3.86. The van der Waals surface area contributed by atoms with Gasteiger partial charge in [-0.2, -0.15) is 0 Å². The summed E-state index contributed by atoms with van der Waals surface area (Å²) in [5.74, 6) is 2.12. The van der Waals surface area contributed by atoms with Crippen LogP contribution in [0.25, 0.3) is 17.2 Å². The molecule has 1 fully saturated rings. The van der Waals surface area contributed by atoms with E-state index in [2.05, 4.69) is 35.6 Å². The summed E-state index contributed by atoms with van der Waals surface area (Å²) in [6.45, 7) is 3.30. The Morgan fingerprint density at radius 3 is 2.62 bits per heavy atom. The quantitative estimate of drug-likeness (QED) is 0.502. The van der Waals surface area contributed by atoms with Crippen molar-refractivity contribution in [3.05, 3.63) is 59.9 Å². The highest BCUT2D eigenvalue weighted by Gasteiger charge is 2.27. The second-order valence-electron chi connectivity index (χ2n) is 7.64. The number of anilines is 2. The molecule has 1 aliphatic heterocycles. The minimum atomic E-state index is -0.132. The highest BCUT2D eigenvalue weighted by molar-refractivity contribution is 7.15. The highest BCUT2D eigenvalue weighted by Crippen LogP contribution is 2.25. The number of hydrogen-bond donors (Lipinski definition) is 1. The van der Waals surface area contributed by atoms with Crippen LogP contribution in [-0.4, -0.2) is 48.9 Å². The van der Waals surface area contributed by atoms with Crippen molar-refractivity contribution in [3.63, 3.8) is 0 Å². The fourth-order valence-corrected chi connectivity index (χ4v) is 4.45. The zero-order valence-electron chi connectivity index (χ0n) is 17.5. The molecule has 0 bridgehead atoms. The Balaban J connectivity index is 1.29. The van der Waals surface area contributed by atoms with Crippen molar-refractivity contribution in [1.82, 2.24) is 29.9 Å². The zero-order chi connectivity index (χ0) is 21.9. The number of nitrogens with zero attached hydrogens (tertiary/aromatic N) is 7. The van der Waals surface area contributed by atoms with E-state index >= 15 is 0 Å². The van der Waals surface area contributed by atoms with Crippen LogP contribution in [0.3, 0.4) is 0 Å². The van der Waals surface area contributed by atoms with Crippen LogP contribution in [0.15, 0.2) is 54.9 Å². The van der Waals surface area contributed by atoms with E-state index in [0.717, 1.165) is 41.6 Å². The summed E-state index contributed by atoms with van der Waals surface area (Å²) in [6.07, 6.45) is 5.38. The largest absolute Gasteiger partial charge is 0.354 e. The zero-order valence-corrected chi connectivity index (χ0v) is 18.4. The molecule has 3 aromatic heterocycles. The smallest absolute Gasteiger partial charge is 0.231 e. The van der Waals surface area contributed by atoms with Crippen molar-refractivity contribution in [2.45, 2.75) is 19.8 Å². The lowest BCUT2D eigenvalue weighted by Crippen LogP contribution is -2.41. The van der Waals surface area contributed by atoms with Crippen molar-refractivity contribution in [2.75, 3.05) is 23.3 Å². The lowest BCUT2D eigenvalue weighted by atomic mass is 9.97. The molecule has 4 aromatic rings. The Labute approximate surface area is 189 Å². The predicted molar refractivity (Wildman–Crippen MR) is 123 cm³/mol. The van der Waals surface area contributed by atoms with Crippen LogP contribution < -0.4 is 10.2 Å². The Bertz CT molecular complexity index is 1200. The molecule has 1 aliphatic rings. The van der Waals surface area contributed by atoms with Gasteiger partial charge < -0.3 is 10.2 Å². The van der Waals surface area contributed by atoms with E-state index in [1.807, 2.05) is 60.2 Å². The molecule has 10 heteroatoms. The molecule has 1 saturated heterocycles. The van der Waals surface area contributed by atoms with Gasteiger partial charge in [-0.25, -0.2) is 4.98 Å². The van der Waals surface area contributed by atoms with E-state index < -0.39 is 0 Å². The maximum absolute atomic E-state index is 12.7. The van der Waals surface area contributed by atoms with Crippen LogP contribution >= 0.6 is 11.3 Å². The lowest BCUT2D eigenvalue weighted by Gasteiger charge is -2.32. The number of imidazole rings is 1. The van der Waals surface area contributed by atoms with Gasteiger partial charge in [-0.1, -0.05) is 41.7 Å². The van der Waals surface area contributed by atoms with Gasteiger partial charge >= 0.3 is 0 Å². The molecule has 0 saturated carbocycles. The third-order valence-corrected chi connectivity index (χ3v) is 6.18. The van der Waals surface area contributed by atoms with Crippen LogP contribution in [-0.2, 0) is 4.79 Å². The Hall–Kier alpha value is -3.66. The average molecular weight is 447 g/mol. The molecule has 1 atom stereocenters. The van der Waals surface area contributed by atoms with Crippen LogP contribution in [0.2, 0.25) is 0 Å². The number of piperidine rings is 1. The maximum Gasteiger partial charge on any atom is 0.231 e. The molecule has 1 N–H and O–H groups in total. The van der Waals surface area contributed by atoms with Crippen LogP contribution in [0.1, 0.15) is 17.8 Å². The van der Waals surface area contributed by atoms with Crippen molar-refractivity contribution in [1.29, 1.82) is 0 Å². The Morgan fingerprint density at radius 1 is 1.06 bits per heavy atom. The van der Waals surface area contributed by atoms with Crippen molar-refractivity contribution in [3.8, 4) is 17.2 Å². The number of carbonyl (C=O) groups excluding carboxylic acids is 1. The Kier molecular flexibility index (Phi) is 5.59. The van der Waals surface area contributed by atoms with Crippen LogP contribution in [0.4, 0.5) is 10.9 Å². The van der Waals surface area contributed by atoms with E-state index in [4.69, 9.17) is 0 Å². The molecule has 5 rings (SSSR count). The number of hydrogen-bond acceptors (Lipinski definition) is 8. The number of aryl methyl sites for hydroxylation is 1. The van der Waals surface area contributed by atoms with Crippen LogP contribution in [0.5, 0.6) is 0 Å². The van der Waals surface area contributed by atoms with Gasteiger partial charge in [0.15, 0.2) is 11.6 Å². The number of aromatic nitrogens is 6. The first kappa shape index (κ1) is 20.3. The molecule has 162 valence electrons. The van der Waals surface area contributed by atoms with Gasteiger partial charge in [-0.3, -0.25) is 9.36 Å². The topological polar surface area (TPSA) is 102 Å². The summed E-state index contributed by atoms with van der Waals surface area (Å²) < 4.78 is 1.92. The molecule has 1 aromatic carbocycles. The SMILES string of the molecule is Cc1nnc(NC(=O)C2CCCN(c3ccc(-n4ccnc4-c4ccccc4)nn3)C2)s1. The van der Waals surface area contributed by atoms with Gasteiger partial charge in [0.2, 0.25) is 11.0 Å². The monoisotopic (exact) mass is 446 g/mol. The first-order valence-corrected chi connectivity index (χ1v) is 11.3. The van der Waals surface area contributed by atoms with Crippen molar-refractivity contribution < 1.29 is 4.79 Å². The van der Waals surface area contributed by atoms with Crippen molar-refractivity contribution in [2.24, 2.45) is 5.92 Å². The van der Waals surface area contributed by atoms with E-state index in [1.165, 1.54) is 11.3 Å². The number of nitrogens with one attached hydrogen (secondary N) is 1. The van der Waals surface area contributed by atoms with Gasteiger partial charge in [-0.15, -0.1) is 20.4 Å². The second kappa shape index (κ2) is 8.83. The molecule has 1 amide bonds. The maximum atomic E-state index is 12.7. The number of benzene rings is 1. The molecule has 4 heterocycles. The van der Waals surface area contributed by atoms with E-state index in [9.17, 15) is 4.79 Å². The summed E-state index contributed by atoms with van der Waals surface area (Å²) in [5, 5.41) is 21.1. The number of rotatable bonds is 5. The molecule has 9 nitrogen and oxygen atoms in total. The Morgan fingerprint density at radius 2 is 1.88 bits per heavy atom. The molecular weight excluding hydrogens is 424 g/mol. The first-order chi connectivity index (χ1) is 15.7. The summed E-state index contributed by atoms with van der Waals surface area (Å²) >= 11 is 1.38. The molecular formula is C22H22N8OS. The summed E-state index contributed by atoms with van der Waals surface area (Å²) in [5.41, 5.74) is 1.01. The first-order valence-electron chi connectivity index (χ1n) is 10.5. The third kappa shape index (κ3) is 4.22. The van der Waals surface area contributed by atoms with E-state index in [1.54, 1.807) is 6.20 Å². The van der Waals surface area contributed by atoms with Crippen molar-refractivity contribution >= 4 is 28.2 Å². The number of amides is 1. The third-order valence-electron chi connectivity index (χ3n) is 5.43. The van der Waals surface area contributed by atoms with Gasteiger partial charge in [0.1, 0.15) is 10.8 Å². The highest BCUT2D eigenvalue weighted by atomic mass is 32.1. The summed E-state index contributed by atoms with van der Waals surface area (Å²) in [7, 11) is 0. The van der Waals surface area contributed by atoms with Gasteiger partial charge in [-0.05, 0) is 31.9 Å². The normalized spacial score (nSPS) is 16.2. The lowest BCUT2D eigenvalue weighted by molar-refractivity contribution is -0.120. The minimum Gasteiger partial charge on any atom is -0.354 e. The van der Waals surface area contributed by atoms with Gasteiger partial charge in [0.05, 0.1) is 5.92 Å². The molecule has 0 spiro atoms.